The number of pyridine rings is 1. The van der Waals surface area contributed by atoms with Gasteiger partial charge in [-0.2, -0.15) is 4.98 Å². The van der Waals surface area contributed by atoms with Gasteiger partial charge in [-0.15, -0.1) is 0 Å². The number of oxazole rings is 1. The van der Waals surface area contributed by atoms with Crippen LogP contribution in [0.5, 0.6) is 5.75 Å². The second-order valence-corrected chi connectivity index (χ2v) is 7.34. The Morgan fingerprint density at radius 1 is 1.06 bits per heavy atom. The SMILES string of the molecule is COc1ccc(Nc2ncc(F)c(Nc3ccc4oc(=O)n(OC=O)c4c3)n2)cc1-c1ccncc1. The molecule has 0 fully saturated rings. The fraction of sp³-hybridized carbons (Fsp3) is 0.0417. The Labute approximate surface area is 202 Å². The van der Waals surface area contributed by atoms with Crippen LogP contribution in [0.15, 0.2) is 76.3 Å². The molecule has 0 atom stereocenters. The number of nitrogens with one attached hydrogen (secondary N) is 2. The van der Waals surface area contributed by atoms with E-state index in [4.69, 9.17) is 9.15 Å². The van der Waals surface area contributed by atoms with Gasteiger partial charge < -0.3 is 24.6 Å². The fourth-order valence-electron chi connectivity index (χ4n) is 3.54. The monoisotopic (exact) mass is 488 g/mol. The zero-order valence-corrected chi connectivity index (χ0v) is 18.6. The number of ether oxygens (including phenoxy) is 1. The highest BCUT2D eigenvalue weighted by molar-refractivity contribution is 5.79. The van der Waals surface area contributed by atoms with Gasteiger partial charge in [0.25, 0.3) is 0 Å². The third kappa shape index (κ3) is 4.42. The summed E-state index contributed by atoms with van der Waals surface area (Å²) in [5.41, 5.74) is 3.09. The number of hydrogen-bond acceptors (Lipinski definition) is 10. The van der Waals surface area contributed by atoms with Gasteiger partial charge >= 0.3 is 12.2 Å². The lowest BCUT2D eigenvalue weighted by Gasteiger charge is -2.13. The van der Waals surface area contributed by atoms with Gasteiger partial charge in [0, 0.05) is 29.3 Å². The molecule has 2 N–H and O–H groups in total. The Balaban J connectivity index is 1.43. The summed E-state index contributed by atoms with van der Waals surface area (Å²) in [5, 5.41) is 5.89. The maximum Gasteiger partial charge on any atom is 0.453 e. The van der Waals surface area contributed by atoms with Crippen molar-refractivity contribution in [3.05, 3.63) is 83.5 Å². The fourth-order valence-corrected chi connectivity index (χ4v) is 3.54. The zero-order valence-electron chi connectivity index (χ0n) is 18.6. The molecule has 0 aliphatic carbocycles. The van der Waals surface area contributed by atoms with E-state index < -0.39 is 11.6 Å². The molecule has 36 heavy (non-hydrogen) atoms. The maximum absolute atomic E-state index is 14.5. The number of benzene rings is 2. The lowest BCUT2D eigenvalue weighted by Crippen LogP contribution is -2.21. The summed E-state index contributed by atoms with van der Waals surface area (Å²) < 4.78 is 25.7. The largest absolute Gasteiger partial charge is 0.496 e. The number of methoxy groups -OCH3 is 1. The van der Waals surface area contributed by atoms with E-state index >= 15 is 0 Å². The van der Waals surface area contributed by atoms with Crippen molar-refractivity contribution in [1.82, 2.24) is 19.7 Å². The number of carbonyl (C=O) groups excluding carboxylic acids is 1. The van der Waals surface area contributed by atoms with Gasteiger partial charge in [-0.25, -0.2) is 14.2 Å². The van der Waals surface area contributed by atoms with Crippen LogP contribution in [0.3, 0.4) is 0 Å². The van der Waals surface area contributed by atoms with Crippen LogP contribution < -0.4 is 26.0 Å². The minimum atomic E-state index is -0.875. The molecule has 0 bridgehead atoms. The van der Waals surface area contributed by atoms with E-state index in [-0.39, 0.29) is 29.3 Å². The normalized spacial score (nSPS) is 10.7. The molecule has 3 heterocycles. The summed E-state index contributed by atoms with van der Waals surface area (Å²) >= 11 is 0. The van der Waals surface area contributed by atoms with Crippen LogP contribution >= 0.6 is 0 Å². The van der Waals surface area contributed by atoms with Crippen LogP contribution in [0, 0.1) is 5.82 Å². The van der Waals surface area contributed by atoms with Crippen LogP contribution in [0.2, 0.25) is 0 Å². The van der Waals surface area contributed by atoms with E-state index in [1.54, 1.807) is 37.7 Å². The molecule has 0 spiro atoms. The van der Waals surface area contributed by atoms with Crippen molar-refractivity contribution in [3.8, 4) is 16.9 Å². The van der Waals surface area contributed by atoms with E-state index in [1.807, 2.05) is 18.2 Å². The molecule has 0 aliphatic heterocycles. The van der Waals surface area contributed by atoms with Crippen molar-refractivity contribution < 1.29 is 23.2 Å². The van der Waals surface area contributed by atoms with Gasteiger partial charge in [0.05, 0.1) is 13.3 Å². The molecule has 0 saturated carbocycles. The Hall–Kier alpha value is -5.26. The first-order valence-corrected chi connectivity index (χ1v) is 10.5. The van der Waals surface area contributed by atoms with Gasteiger partial charge in [0.1, 0.15) is 11.3 Å². The minimum absolute atomic E-state index is 0.0950. The summed E-state index contributed by atoms with van der Waals surface area (Å²) in [5.74, 6) is -0.902. The first kappa shape index (κ1) is 22.5. The second kappa shape index (κ2) is 9.54. The van der Waals surface area contributed by atoms with Crippen LogP contribution in [-0.2, 0) is 4.79 Å². The third-order valence-electron chi connectivity index (χ3n) is 5.14. The molecule has 0 amide bonds. The highest BCUT2D eigenvalue weighted by Gasteiger charge is 2.14. The van der Waals surface area contributed by atoms with E-state index in [1.165, 1.54) is 12.1 Å². The molecule has 0 radical (unpaired) electrons. The van der Waals surface area contributed by atoms with Crippen LogP contribution in [-0.4, -0.2) is 33.3 Å². The van der Waals surface area contributed by atoms with Crippen LogP contribution in [0.25, 0.3) is 22.2 Å². The van der Waals surface area contributed by atoms with Crippen molar-refractivity contribution in [2.75, 3.05) is 17.7 Å². The number of nitrogens with zero attached hydrogens (tertiary/aromatic N) is 4. The van der Waals surface area contributed by atoms with Crippen molar-refractivity contribution >= 4 is 40.7 Å². The summed E-state index contributed by atoms with van der Waals surface area (Å²) in [7, 11) is 1.58. The summed E-state index contributed by atoms with van der Waals surface area (Å²) in [6.07, 6.45) is 4.38. The van der Waals surface area contributed by atoms with Crippen LogP contribution in [0.1, 0.15) is 0 Å². The molecule has 2 aromatic carbocycles. The number of carbonyl (C=O) groups is 1. The average molecular weight is 488 g/mol. The average Bonchev–Trinajstić information content (AvgIpc) is 3.21. The van der Waals surface area contributed by atoms with Crippen molar-refractivity contribution in [2.45, 2.75) is 0 Å². The number of rotatable bonds is 8. The van der Waals surface area contributed by atoms with Gasteiger partial charge in [-0.05, 0) is 54.1 Å². The Bertz CT molecular complexity index is 1620. The van der Waals surface area contributed by atoms with Gasteiger partial charge in [-0.1, -0.05) is 4.73 Å². The van der Waals surface area contributed by atoms with Crippen molar-refractivity contribution in [3.63, 3.8) is 0 Å². The maximum atomic E-state index is 14.5. The Morgan fingerprint density at radius 2 is 1.83 bits per heavy atom. The summed E-state index contributed by atoms with van der Waals surface area (Å²) in [6.45, 7) is 0.0950. The van der Waals surface area contributed by atoms with E-state index in [0.29, 0.717) is 21.9 Å². The zero-order chi connectivity index (χ0) is 25.1. The Kier molecular flexibility index (Phi) is 5.97. The second-order valence-electron chi connectivity index (χ2n) is 7.34. The first-order valence-electron chi connectivity index (χ1n) is 10.5. The molecule has 180 valence electrons. The predicted octanol–water partition coefficient (Wildman–Crippen LogP) is 3.67. The molecule has 0 unspecified atom stereocenters. The van der Waals surface area contributed by atoms with E-state index in [0.717, 1.165) is 17.3 Å². The molecular formula is C24H17FN6O5. The van der Waals surface area contributed by atoms with Gasteiger partial charge in [0.15, 0.2) is 17.2 Å². The lowest BCUT2D eigenvalue weighted by molar-refractivity contribution is -0.129. The highest BCUT2D eigenvalue weighted by atomic mass is 19.1. The van der Waals surface area contributed by atoms with Crippen molar-refractivity contribution in [1.29, 1.82) is 0 Å². The van der Waals surface area contributed by atoms with E-state index in [9.17, 15) is 14.0 Å². The van der Waals surface area contributed by atoms with Gasteiger partial charge in [-0.3, -0.25) is 9.78 Å². The quantitative estimate of drug-likeness (QED) is 0.312. The van der Waals surface area contributed by atoms with Gasteiger partial charge in [0.2, 0.25) is 5.95 Å². The molecular weight excluding hydrogens is 471 g/mol. The molecule has 5 aromatic rings. The summed E-state index contributed by atoms with van der Waals surface area (Å²) in [4.78, 5) is 39.4. The molecule has 11 nitrogen and oxygen atoms in total. The molecule has 0 saturated heterocycles. The van der Waals surface area contributed by atoms with Crippen molar-refractivity contribution in [2.24, 2.45) is 0 Å². The number of anilines is 4. The standard InChI is InChI=1S/C24H17FN6O5/c1-34-20-4-2-15(10-17(20)14-6-8-26-9-7-14)29-23-27-12-18(25)22(30-23)28-16-3-5-21-19(11-16)31(35-13-32)24(33)36-21/h2-13H,1H3,(H2,27,28,29,30). The minimum Gasteiger partial charge on any atom is -0.496 e. The highest BCUT2D eigenvalue weighted by Crippen LogP contribution is 2.33. The number of aromatic nitrogens is 4. The number of halogens is 1. The van der Waals surface area contributed by atoms with E-state index in [2.05, 4.69) is 30.4 Å². The molecule has 12 heteroatoms. The molecule has 3 aromatic heterocycles. The number of fused-ring (bicyclic) bond motifs is 1. The molecule has 5 rings (SSSR count). The lowest BCUT2D eigenvalue weighted by atomic mass is 10.1. The number of hydrogen-bond donors (Lipinski definition) is 2. The third-order valence-corrected chi connectivity index (χ3v) is 5.14. The molecule has 0 aliphatic rings. The topological polar surface area (TPSA) is 133 Å². The smallest absolute Gasteiger partial charge is 0.453 e. The first-order chi connectivity index (χ1) is 17.6. The predicted molar refractivity (Wildman–Crippen MR) is 128 cm³/mol. The van der Waals surface area contributed by atoms with Crippen LogP contribution in [0.4, 0.5) is 27.5 Å². The Morgan fingerprint density at radius 3 is 2.61 bits per heavy atom. The summed E-state index contributed by atoms with van der Waals surface area (Å²) in [6, 6.07) is 13.6.